The van der Waals surface area contributed by atoms with Gasteiger partial charge in [0.25, 0.3) is 0 Å². The summed E-state index contributed by atoms with van der Waals surface area (Å²) in [6, 6.07) is 0. The third-order valence-electron chi connectivity index (χ3n) is 18.7. The third-order valence-corrected chi connectivity index (χ3v) is 18.7. The van der Waals surface area contributed by atoms with Gasteiger partial charge in [-0.25, -0.2) is 0 Å². The van der Waals surface area contributed by atoms with Gasteiger partial charge < -0.3 is 84.6 Å². The monoisotopic (exact) mass is 926 g/mol. The molecule has 370 valence electrons. The molecule has 0 spiro atoms. The van der Waals surface area contributed by atoms with E-state index in [2.05, 4.69) is 40.7 Å². The Labute approximate surface area is 380 Å². The van der Waals surface area contributed by atoms with Crippen LogP contribution in [0, 0.1) is 44.8 Å². The number of esters is 1. The highest BCUT2D eigenvalue weighted by Crippen LogP contribution is 2.75. The highest BCUT2D eigenvalue weighted by molar-refractivity contribution is 5.79. The SMILES string of the molecule is CC1OC(OC2C(CO)OC(OCC3OC(OC(=O)C45CC=C(CO)CC4C4=CCC6C7(C)CCC(O)C(C)(C)C7CCC6(C)C4(C)CC5)C(O)C(O)C3O)C(O)C2O)C(O)C(O)C1O. The number of hydrogen-bond acceptors (Lipinski definition) is 18. The first-order valence-corrected chi connectivity index (χ1v) is 23.7. The molecule has 0 aromatic rings. The molecule has 3 saturated heterocycles. The maximum Gasteiger partial charge on any atom is 0.315 e. The van der Waals surface area contributed by atoms with Crippen LogP contribution < -0.4 is 0 Å². The van der Waals surface area contributed by atoms with Crippen molar-refractivity contribution in [3.8, 4) is 0 Å². The van der Waals surface area contributed by atoms with Crippen LogP contribution in [0.4, 0.5) is 0 Å². The molecule has 23 atom stereocenters. The van der Waals surface area contributed by atoms with Gasteiger partial charge in [-0.3, -0.25) is 4.79 Å². The van der Waals surface area contributed by atoms with Crippen molar-refractivity contribution >= 4 is 5.97 Å². The van der Waals surface area contributed by atoms with Gasteiger partial charge >= 0.3 is 5.97 Å². The van der Waals surface area contributed by atoms with E-state index < -0.39 is 117 Å². The van der Waals surface area contributed by atoms with Crippen LogP contribution in [0.2, 0.25) is 0 Å². The van der Waals surface area contributed by atoms with Gasteiger partial charge in [-0.1, -0.05) is 52.3 Å². The van der Waals surface area contributed by atoms with E-state index in [1.165, 1.54) is 12.5 Å². The minimum Gasteiger partial charge on any atom is -0.432 e. The van der Waals surface area contributed by atoms with E-state index in [0.29, 0.717) is 31.1 Å². The first kappa shape index (κ1) is 49.7. The van der Waals surface area contributed by atoms with Crippen molar-refractivity contribution in [3.05, 3.63) is 23.3 Å². The van der Waals surface area contributed by atoms with Gasteiger partial charge in [0, 0.05) is 5.92 Å². The summed E-state index contributed by atoms with van der Waals surface area (Å²) in [5.74, 6) is -0.258. The van der Waals surface area contributed by atoms with Gasteiger partial charge in [0.2, 0.25) is 6.29 Å². The highest BCUT2D eigenvalue weighted by Gasteiger charge is 2.69. The smallest absolute Gasteiger partial charge is 0.315 e. The van der Waals surface area contributed by atoms with Crippen LogP contribution in [0.25, 0.3) is 0 Å². The van der Waals surface area contributed by atoms with Crippen LogP contribution >= 0.6 is 0 Å². The number of aliphatic hydroxyl groups excluding tert-OH is 11. The molecule has 0 aromatic carbocycles. The lowest BCUT2D eigenvalue weighted by Crippen LogP contribution is -2.65. The zero-order chi connectivity index (χ0) is 47.3. The molecule has 0 radical (unpaired) electrons. The molecule has 8 aliphatic rings. The minimum absolute atomic E-state index is 0.0140. The molecular weight excluding hydrogens is 852 g/mol. The normalized spacial score (nSPS) is 53.0. The van der Waals surface area contributed by atoms with Crippen molar-refractivity contribution in [1.29, 1.82) is 0 Å². The lowest BCUT2D eigenvalue weighted by atomic mass is 9.34. The molecule has 23 unspecified atom stereocenters. The maximum absolute atomic E-state index is 14.8. The molecule has 3 saturated carbocycles. The van der Waals surface area contributed by atoms with Gasteiger partial charge in [0.05, 0.1) is 37.4 Å². The van der Waals surface area contributed by atoms with Gasteiger partial charge in [-0.2, -0.15) is 0 Å². The fourth-order valence-electron chi connectivity index (χ4n) is 14.3. The Morgan fingerprint density at radius 3 is 2.06 bits per heavy atom. The van der Waals surface area contributed by atoms with Crippen molar-refractivity contribution in [2.24, 2.45) is 44.8 Å². The van der Waals surface area contributed by atoms with Gasteiger partial charge in [0.15, 0.2) is 12.6 Å². The fraction of sp³-hybridized carbons (Fsp3) is 0.894. The number of allylic oxidation sites excluding steroid dienone is 3. The van der Waals surface area contributed by atoms with Crippen molar-refractivity contribution in [1.82, 2.24) is 0 Å². The molecule has 3 aliphatic heterocycles. The standard InChI is InChI=1S/C47H74O18/c1-21-30(51)32(53)35(56)40(61-21)64-38-25(19-49)62-39(37(58)34(38)55)60-20-26-31(52)33(54)36(57)41(63-26)65-42(59)47-14-9-22(18-48)17-24(47)23-7-8-28-44(4)12-11-29(50)43(2,3)27(44)10-13-46(28,6)45(23,5)15-16-47/h7,9,21,24-41,48-58H,8,10-20H2,1-6H3. The summed E-state index contributed by atoms with van der Waals surface area (Å²) in [5, 5.41) is 118. The summed E-state index contributed by atoms with van der Waals surface area (Å²) in [7, 11) is 0. The number of rotatable bonds is 9. The molecule has 0 amide bonds. The van der Waals surface area contributed by atoms with Crippen LogP contribution in [-0.4, -0.2) is 180 Å². The lowest BCUT2D eigenvalue weighted by molar-refractivity contribution is -0.361. The highest BCUT2D eigenvalue weighted by atomic mass is 16.8. The second-order valence-electron chi connectivity index (χ2n) is 22.0. The molecule has 6 fully saturated rings. The summed E-state index contributed by atoms with van der Waals surface area (Å²) in [5.41, 5.74) is 0.326. The predicted octanol–water partition coefficient (Wildman–Crippen LogP) is -0.329. The fourth-order valence-corrected chi connectivity index (χ4v) is 14.3. The Balaban J connectivity index is 0.974. The molecule has 3 heterocycles. The van der Waals surface area contributed by atoms with E-state index in [1.54, 1.807) is 0 Å². The molecule has 18 nitrogen and oxygen atoms in total. The summed E-state index contributed by atoms with van der Waals surface area (Å²) < 4.78 is 34.6. The molecule has 8 rings (SSSR count). The number of ether oxygens (including phenoxy) is 6. The zero-order valence-electron chi connectivity index (χ0n) is 38.4. The van der Waals surface area contributed by atoms with E-state index in [9.17, 15) is 61.0 Å². The van der Waals surface area contributed by atoms with Gasteiger partial charge in [-0.15, -0.1) is 0 Å². The average molecular weight is 927 g/mol. The molecule has 11 N–H and O–H groups in total. The van der Waals surface area contributed by atoms with Crippen LogP contribution in [0.5, 0.6) is 0 Å². The van der Waals surface area contributed by atoms with E-state index in [-0.39, 0.29) is 46.7 Å². The molecule has 5 aliphatic carbocycles. The Bertz CT molecular complexity index is 1810. The first-order valence-electron chi connectivity index (χ1n) is 23.7. The number of fused-ring (bicyclic) bond motifs is 7. The van der Waals surface area contributed by atoms with Crippen molar-refractivity contribution < 1.29 is 89.4 Å². The zero-order valence-corrected chi connectivity index (χ0v) is 38.4. The minimum atomic E-state index is -1.87. The Morgan fingerprint density at radius 2 is 1.37 bits per heavy atom. The first-order chi connectivity index (χ1) is 30.5. The van der Waals surface area contributed by atoms with Crippen LogP contribution in [0.15, 0.2) is 23.3 Å². The van der Waals surface area contributed by atoms with E-state index in [4.69, 9.17) is 28.4 Å². The lowest BCUT2D eigenvalue weighted by Gasteiger charge is -2.70. The van der Waals surface area contributed by atoms with E-state index >= 15 is 0 Å². The van der Waals surface area contributed by atoms with E-state index in [1.807, 2.05) is 6.08 Å². The molecule has 65 heavy (non-hydrogen) atoms. The third kappa shape index (κ3) is 7.81. The second-order valence-corrected chi connectivity index (χ2v) is 22.0. The van der Waals surface area contributed by atoms with Gasteiger partial charge in [0.1, 0.15) is 67.1 Å². The number of carbonyl (C=O) groups excluding carboxylic acids is 1. The number of carbonyl (C=O) groups is 1. The van der Waals surface area contributed by atoms with Crippen molar-refractivity contribution in [2.45, 2.75) is 198 Å². The van der Waals surface area contributed by atoms with E-state index in [0.717, 1.165) is 37.7 Å². The Hall–Kier alpha value is -1.69. The van der Waals surface area contributed by atoms with Crippen molar-refractivity contribution in [3.63, 3.8) is 0 Å². The average Bonchev–Trinajstić information content (AvgIpc) is 3.27. The summed E-state index contributed by atoms with van der Waals surface area (Å²) >= 11 is 0. The topological polar surface area (TPSA) is 295 Å². The summed E-state index contributed by atoms with van der Waals surface area (Å²) in [6.45, 7) is 11.5. The number of aliphatic hydroxyl groups is 11. The quantitative estimate of drug-likeness (QED) is 0.104. The van der Waals surface area contributed by atoms with Crippen LogP contribution in [-0.2, 0) is 33.2 Å². The van der Waals surface area contributed by atoms with Crippen molar-refractivity contribution in [2.75, 3.05) is 19.8 Å². The molecule has 0 aromatic heterocycles. The maximum atomic E-state index is 14.8. The summed E-state index contributed by atoms with van der Waals surface area (Å²) in [6.07, 6.45) is -14.1. The van der Waals surface area contributed by atoms with Crippen LogP contribution in [0.1, 0.15) is 99.3 Å². The Morgan fingerprint density at radius 1 is 0.708 bits per heavy atom. The summed E-state index contributed by atoms with van der Waals surface area (Å²) in [4.78, 5) is 14.8. The largest absolute Gasteiger partial charge is 0.432 e. The molecular formula is C47H74O18. The van der Waals surface area contributed by atoms with Gasteiger partial charge in [-0.05, 0) is 104 Å². The Kier molecular flexibility index (Phi) is 13.7. The molecule has 18 heteroatoms. The predicted molar refractivity (Wildman–Crippen MR) is 226 cm³/mol. The molecule has 0 bridgehead atoms. The number of hydrogen-bond donors (Lipinski definition) is 11. The second kappa shape index (κ2) is 17.9. The van der Waals surface area contributed by atoms with Crippen LogP contribution in [0.3, 0.4) is 0 Å².